The average molecular weight is 235 g/mol. The molecule has 2 bridgehead atoms. The summed E-state index contributed by atoms with van der Waals surface area (Å²) in [5.74, 6) is 0.537. The first-order valence-corrected chi connectivity index (χ1v) is 6.26. The van der Waals surface area contributed by atoms with Gasteiger partial charge < -0.3 is 9.84 Å². The van der Waals surface area contributed by atoms with Crippen molar-refractivity contribution < 1.29 is 23.8 Å². The summed E-state index contributed by atoms with van der Waals surface area (Å²) in [6.07, 6.45) is -0.596. The fraction of sp³-hybridized carbons (Fsp3) is 1.00. The van der Waals surface area contributed by atoms with Gasteiger partial charge in [0.15, 0.2) is 6.10 Å². The van der Waals surface area contributed by atoms with Crippen LogP contribution < -0.4 is 0 Å². The van der Waals surface area contributed by atoms with Crippen molar-refractivity contribution in [2.75, 3.05) is 12.4 Å². The Hall–Kier alpha value is 0.355. The van der Waals surface area contributed by atoms with Crippen LogP contribution in [0.2, 0.25) is 0 Å². The van der Waals surface area contributed by atoms with Crippen molar-refractivity contribution in [1.29, 1.82) is 0 Å². The van der Waals surface area contributed by atoms with E-state index in [1.165, 1.54) is 11.8 Å². The Bertz CT molecular complexity index is 267. The maximum absolute atomic E-state index is 10.6. The Labute approximate surface area is 87.5 Å². The van der Waals surface area contributed by atoms with Crippen LogP contribution in [0.15, 0.2) is 0 Å². The normalized spacial score (nSPS) is 47.0. The fourth-order valence-electron chi connectivity index (χ4n) is 1.84. The van der Waals surface area contributed by atoms with Gasteiger partial charge in [0.05, 0.1) is 11.9 Å². The molecule has 2 N–H and O–H groups in total. The first-order chi connectivity index (χ1) is 6.59. The molecule has 2 aliphatic heterocycles. The molecule has 0 amide bonds. The lowest BCUT2D eigenvalue weighted by Gasteiger charge is -2.27. The molecule has 14 heavy (non-hydrogen) atoms. The monoisotopic (exact) mass is 235 g/mol. The second-order valence-electron chi connectivity index (χ2n) is 3.34. The summed E-state index contributed by atoms with van der Waals surface area (Å²) >= 11 is 1.50. The summed E-state index contributed by atoms with van der Waals surface area (Å²) in [6.45, 7) is -0.252. The molecule has 5 atom stereocenters. The molecule has 5 nitrogen and oxygen atoms in total. The van der Waals surface area contributed by atoms with Gasteiger partial charge in [0, 0.05) is 16.3 Å². The first-order valence-electron chi connectivity index (χ1n) is 4.08. The van der Waals surface area contributed by atoms with Gasteiger partial charge in [0.1, 0.15) is 13.4 Å². The molecule has 3 unspecified atom stereocenters. The van der Waals surface area contributed by atoms with Crippen molar-refractivity contribution in [2.45, 2.75) is 23.0 Å². The zero-order valence-corrected chi connectivity index (χ0v) is 8.91. The second-order valence-corrected chi connectivity index (χ2v) is 5.20. The minimum Gasteiger partial charge on any atom is -0.393 e. The first kappa shape index (κ1) is 10.9. The molecule has 2 aliphatic rings. The Morgan fingerprint density at radius 1 is 1.79 bits per heavy atom. The maximum Gasteiger partial charge on any atom is 0.695 e. The molecule has 2 fully saturated rings. The van der Waals surface area contributed by atoms with Gasteiger partial charge in [-0.3, -0.25) is 0 Å². The number of aliphatic hydroxyl groups excluding tert-OH is 1. The Balaban J connectivity index is 2.18. The molecule has 0 saturated carbocycles. The summed E-state index contributed by atoms with van der Waals surface area (Å²) in [5, 5.41) is 9.02. The van der Waals surface area contributed by atoms with E-state index in [9.17, 15) is 9.67 Å². The van der Waals surface area contributed by atoms with E-state index < -0.39 is 26.0 Å². The van der Waals surface area contributed by atoms with Gasteiger partial charge in [-0.05, 0) is 0 Å². The third kappa shape index (κ3) is 1.52. The second kappa shape index (κ2) is 3.74. The van der Waals surface area contributed by atoms with Gasteiger partial charge in [-0.15, -0.1) is 9.42 Å². The highest BCUT2D eigenvalue weighted by molar-refractivity contribution is 8.00. The summed E-state index contributed by atoms with van der Waals surface area (Å²) in [6, 6.07) is -0.541. The SMILES string of the molecule is [B][C@@H]1O[C@@]2(CO)CSC1C2O[P+](=O)O. The number of hydrogen-bond donors (Lipinski definition) is 2. The van der Waals surface area contributed by atoms with Gasteiger partial charge >= 0.3 is 8.25 Å². The Kier molecular flexibility index (Phi) is 2.90. The lowest BCUT2D eigenvalue weighted by molar-refractivity contribution is -0.0726. The molecule has 76 valence electrons. The highest BCUT2D eigenvalue weighted by Crippen LogP contribution is 2.50. The van der Waals surface area contributed by atoms with Crippen LogP contribution in [-0.2, 0) is 13.8 Å². The van der Waals surface area contributed by atoms with Crippen molar-refractivity contribution in [1.82, 2.24) is 0 Å². The molecule has 0 aromatic carbocycles. The summed E-state index contributed by atoms with van der Waals surface area (Å²) in [7, 11) is 2.94. The Morgan fingerprint density at radius 2 is 2.50 bits per heavy atom. The van der Waals surface area contributed by atoms with Crippen molar-refractivity contribution in [3.63, 3.8) is 0 Å². The summed E-state index contributed by atoms with van der Waals surface area (Å²) in [4.78, 5) is 8.67. The standard InChI is InChI=1S/C6H8BO5PS/c7-5-3-4(12-13(9)10)6(1-8,11-5)2-14-3/h3-5,8H,1-2H2/p+1/t3?,4?,5-,6+/m1/s1. The minimum absolute atomic E-state index is 0.173. The number of aliphatic hydroxyl groups is 1. The maximum atomic E-state index is 10.6. The van der Waals surface area contributed by atoms with E-state index in [1.54, 1.807) is 0 Å². The van der Waals surface area contributed by atoms with Crippen molar-refractivity contribution in [3.05, 3.63) is 0 Å². The molecule has 0 aromatic heterocycles. The van der Waals surface area contributed by atoms with Crippen molar-refractivity contribution in [3.8, 4) is 0 Å². The van der Waals surface area contributed by atoms with Crippen LogP contribution in [0.3, 0.4) is 0 Å². The van der Waals surface area contributed by atoms with Crippen LogP contribution in [0, 0.1) is 0 Å². The van der Waals surface area contributed by atoms with Crippen LogP contribution in [0.1, 0.15) is 0 Å². The van der Waals surface area contributed by atoms with E-state index >= 15 is 0 Å². The van der Waals surface area contributed by atoms with E-state index in [1.807, 2.05) is 0 Å². The molecule has 2 radical (unpaired) electrons. The number of hydrogen-bond acceptors (Lipinski definition) is 5. The highest BCUT2D eigenvalue weighted by atomic mass is 32.2. The fourth-order valence-corrected chi connectivity index (χ4v) is 3.96. The molecule has 2 heterocycles. The number of ether oxygens (including phenoxy) is 1. The van der Waals surface area contributed by atoms with Crippen molar-refractivity contribution >= 4 is 27.9 Å². The molecular formula is C6H9BO5PS+. The molecular weight excluding hydrogens is 226 g/mol. The number of thioether (sulfide) groups is 1. The van der Waals surface area contributed by atoms with Gasteiger partial charge in [-0.1, -0.05) is 0 Å². The number of rotatable bonds is 3. The largest absolute Gasteiger partial charge is 0.695 e. The number of fused-ring (bicyclic) bond motifs is 2. The van der Waals surface area contributed by atoms with Crippen LogP contribution in [0.4, 0.5) is 0 Å². The Morgan fingerprint density at radius 3 is 3.00 bits per heavy atom. The van der Waals surface area contributed by atoms with Gasteiger partial charge in [0.25, 0.3) is 0 Å². The predicted molar refractivity (Wildman–Crippen MR) is 51.4 cm³/mol. The zero-order valence-electron chi connectivity index (χ0n) is 7.20. The van der Waals surface area contributed by atoms with Crippen LogP contribution in [0.5, 0.6) is 0 Å². The van der Waals surface area contributed by atoms with Crippen LogP contribution >= 0.6 is 20.0 Å². The molecule has 0 aliphatic carbocycles. The molecule has 2 saturated heterocycles. The molecule has 2 rings (SSSR count). The minimum atomic E-state index is -2.69. The quantitative estimate of drug-likeness (QED) is 0.502. The van der Waals surface area contributed by atoms with Crippen LogP contribution in [0.25, 0.3) is 0 Å². The molecule has 0 aromatic rings. The van der Waals surface area contributed by atoms with Gasteiger partial charge in [0.2, 0.25) is 0 Å². The van der Waals surface area contributed by atoms with E-state index in [-0.39, 0.29) is 11.9 Å². The van der Waals surface area contributed by atoms with Crippen LogP contribution in [-0.4, -0.2) is 53.2 Å². The molecule has 8 heteroatoms. The predicted octanol–water partition coefficient (Wildman–Crippen LogP) is -0.607. The average Bonchev–Trinajstić information content (AvgIpc) is 2.57. The zero-order chi connectivity index (χ0) is 10.3. The lowest BCUT2D eigenvalue weighted by Crippen LogP contribution is -2.44. The smallest absolute Gasteiger partial charge is 0.393 e. The van der Waals surface area contributed by atoms with E-state index in [2.05, 4.69) is 0 Å². The summed E-state index contributed by atoms with van der Waals surface area (Å²) in [5.41, 5.74) is -0.900. The van der Waals surface area contributed by atoms with E-state index in [4.69, 9.17) is 22.0 Å². The topological polar surface area (TPSA) is 76.0 Å². The van der Waals surface area contributed by atoms with E-state index in [0.717, 1.165) is 0 Å². The van der Waals surface area contributed by atoms with Crippen molar-refractivity contribution in [2.24, 2.45) is 0 Å². The molecule has 0 spiro atoms. The highest BCUT2D eigenvalue weighted by Gasteiger charge is 2.62. The van der Waals surface area contributed by atoms with Gasteiger partial charge in [-0.25, -0.2) is 0 Å². The van der Waals surface area contributed by atoms with Gasteiger partial charge in [-0.2, -0.15) is 11.8 Å². The summed E-state index contributed by atoms with van der Waals surface area (Å²) < 4.78 is 20.8. The van der Waals surface area contributed by atoms with E-state index in [0.29, 0.717) is 5.75 Å². The third-order valence-electron chi connectivity index (χ3n) is 2.50. The lowest BCUT2D eigenvalue weighted by atomic mass is 9.93. The third-order valence-corrected chi connectivity index (χ3v) is 4.47.